The summed E-state index contributed by atoms with van der Waals surface area (Å²) in [7, 11) is 0. The van der Waals surface area contributed by atoms with Crippen LogP contribution in [0.3, 0.4) is 0 Å². The molecule has 2 aromatic heterocycles. The van der Waals surface area contributed by atoms with Crippen LogP contribution in [0, 0.1) is 23.7 Å². The number of nitrogens with one attached hydrogen (secondary N) is 5. The van der Waals surface area contributed by atoms with Gasteiger partial charge in [-0.15, -0.1) is 0 Å². The summed E-state index contributed by atoms with van der Waals surface area (Å²) in [5, 5.41) is 8.98. The van der Waals surface area contributed by atoms with E-state index in [1.165, 1.54) is 0 Å². The van der Waals surface area contributed by atoms with E-state index in [-0.39, 0.29) is 41.5 Å². The molecule has 0 spiro atoms. The third kappa shape index (κ3) is 10.3. The Morgan fingerprint density at radius 1 is 0.656 bits per heavy atom. The fourth-order valence-electron chi connectivity index (χ4n) is 8.24. The van der Waals surface area contributed by atoms with Gasteiger partial charge in [-0.1, -0.05) is 103 Å². The molecule has 4 aromatic carbocycles. The SMILES string of the molecule is O=C(NC(C(=O)NCCCCc1ncc(-c2ccc(-c3ccc(C#Cc4cnc(C5CCCN5C(=O)[C@H](NC(=O)C5CC5)c5ccccc5)[nH]4)cc3)cc2)[nH]1)c1ccccc1)C1CC1. The van der Waals surface area contributed by atoms with E-state index in [9.17, 15) is 19.2 Å². The molecule has 64 heavy (non-hydrogen) atoms. The van der Waals surface area contributed by atoms with E-state index in [0.29, 0.717) is 24.6 Å². The van der Waals surface area contributed by atoms with Crippen LogP contribution >= 0.6 is 0 Å². The van der Waals surface area contributed by atoms with Crippen molar-refractivity contribution >= 4 is 23.6 Å². The monoisotopic (exact) mass is 852 g/mol. The first-order valence-electron chi connectivity index (χ1n) is 22.5. The van der Waals surface area contributed by atoms with E-state index in [1.54, 1.807) is 6.20 Å². The van der Waals surface area contributed by atoms with Crippen molar-refractivity contribution in [1.82, 2.24) is 40.8 Å². The maximum Gasteiger partial charge on any atom is 0.250 e. The maximum absolute atomic E-state index is 14.0. The zero-order chi connectivity index (χ0) is 43.8. The predicted molar refractivity (Wildman–Crippen MR) is 244 cm³/mol. The van der Waals surface area contributed by atoms with Crippen LogP contribution in [0.4, 0.5) is 0 Å². The number of aryl methyl sites for hydroxylation is 1. The number of aromatic nitrogens is 4. The molecule has 3 heterocycles. The number of hydrogen-bond acceptors (Lipinski definition) is 6. The van der Waals surface area contributed by atoms with Crippen LogP contribution in [0.25, 0.3) is 22.4 Å². The van der Waals surface area contributed by atoms with Crippen LogP contribution in [0.2, 0.25) is 0 Å². The normalized spacial score (nSPS) is 16.6. The van der Waals surface area contributed by atoms with Gasteiger partial charge in [-0.05, 0) is 97.2 Å². The van der Waals surface area contributed by atoms with Crippen LogP contribution in [0.5, 0.6) is 0 Å². The number of imidazole rings is 2. The third-order valence-corrected chi connectivity index (χ3v) is 12.2. The van der Waals surface area contributed by atoms with Crippen molar-refractivity contribution < 1.29 is 19.2 Å². The van der Waals surface area contributed by atoms with Crippen LogP contribution in [0.15, 0.2) is 122 Å². The van der Waals surface area contributed by atoms with Crippen molar-refractivity contribution in [2.45, 2.75) is 75.9 Å². The third-order valence-electron chi connectivity index (χ3n) is 12.2. The second-order valence-corrected chi connectivity index (χ2v) is 17.0. The number of rotatable bonds is 16. The highest BCUT2D eigenvalue weighted by Gasteiger charge is 2.39. The highest BCUT2D eigenvalue weighted by molar-refractivity contribution is 5.91. The Labute approximate surface area is 373 Å². The highest BCUT2D eigenvalue weighted by Crippen LogP contribution is 2.35. The lowest BCUT2D eigenvalue weighted by Crippen LogP contribution is -2.43. The zero-order valence-electron chi connectivity index (χ0n) is 35.7. The molecule has 324 valence electrons. The van der Waals surface area contributed by atoms with Crippen LogP contribution in [0.1, 0.15) is 104 Å². The van der Waals surface area contributed by atoms with Crippen LogP contribution in [-0.2, 0) is 25.6 Å². The number of amides is 4. The summed E-state index contributed by atoms with van der Waals surface area (Å²) in [5.41, 5.74) is 7.24. The number of nitrogens with zero attached hydrogens (tertiary/aromatic N) is 3. The molecule has 2 saturated carbocycles. The lowest BCUT2D eigenvalue weighted by Gasteiger charge is -2.28. The van der Waals surface area contributed by atoms with Crippen molar-refractivity contribution in [1.29, 1.82) is 0 Å². The lowest BCUT2D eigenvalue weighted by molar-refractivity contribution is -0.137. The van der Waals surface area contributed by atoms with E-state index >= 15 is 0 Å². The molecular weight excluding hydrogens is 801 g/mol. The predicted octanol–water partition coefficient (Wildman–Crippen LogP) is 7.50. The van der Waals surface area contributed by atoms with Gasteiger partial charge < -0.3 is 30.8 Å². The summed E-state index contributed by atoms with van der Waals surface area (Å²) in [4.78, 5) is 70.2. The van der Waals surface area contributed by atoms with E-state index < -0.39 is 12.1 Å². The fraction of sp³-hybridized carbons (Fsp3) is 0.308. The van der Waals surface area contributed by atoms with Gasteiger partial charge in [0.1, 0.15) is 29.4 Å². The number of unbranched alkanes of at least 4 members (excludes halogenated alkanes) is 1. The van der Waals surface area contributed by atoms with Gasteiger partial charge in [0.2, 0.25) is 23.6 Å². The summed E-state index contributed by atoms with van der Waals surface area (Å²) >= 11 is 0. The number of H-pyrrole nitrogens is 2. The summed E-state index contributed by atoms with van der Waals surface area (Å²) in [6.45, 7) is 1.11. The minimum absolute atomic E-state index is 0.000207. The molecule has 4 amide bonds. The van der Waals surface area contributed by atoms with Gasteiger partial charge >= 0.3 is 0 Å². The average Bonchev–Trinajstić information content (AvgIpc) is 4.22. The van der Waals surface area contributed by atoms with Gasteiger partial charge in [0, 0.05) is 36.9 Å². The van der Waals surface area contributed by atoms with Gasteiger partial charge in [0.25, 0.3) is 0 Å². The molecule has 9 rings (SSSR count). The van der Waals surface area contributed by atoms with Gasteiger partial charge in [0.05, 0.1) is 24.1 Å². The van der Waals surface area contributed by atoms with Crippen LogP contribution in [-0.4, -0.2) is 61.6 Å². The Kier molecular flexibility index (Phi) is 12.8. The smallest absolute Gasteiger partial charge is 0.250 e. The second kappa shape index (κ2) is 19.4. The Balaban J connectivity index is 0.752. The molecule has 3 aliphatic rings. The lowest BCUT2D eigenvalue weighted by atomic mass is 10.0. The van der Waals surface area contributed by atoms with Gasteiger partial charge in [-0.25, -0.2) is 9.97 Å². The Hall–Kier alpha value is -7.26. The summed E-state index contributed by atoms with van der Waals surface area (Å²) in [6, 6.07) is 33.7. The maximum atomic E-state index is 14.0. The van der Waals surface area contributed by atoms with Crippen molar-refractivity contribution in [3.05, 3.63) is 156 Å². The van der Waals surface area contributed by atoms with E-state index in [4.69, 9.17) is 0 Å². The van der Waals surface area contributed by atoms with Crippen molar-refractivity contribution in [3.8, 4) is 34.2 Å². The Morgan fingerprint density at radius 3 is 1.92 bits per heavy atom. The number of carbonyl (C=O) groups excluding carboxylic acids is 4. The molecule has 5 N–H and O–H groups in total. The molecule has 2 aliphatic carbocycles. The largest absolute Gasteiger partial charge is 0.354 e. The van der Waals surface area contributed by atoms with Crippen molar-refractivity contribution in [2.24, 2.45) is 11.8 Å². The summed E-state index contributed by atoms with van der Waals surface area (Å²) in [5.74, 6) is 7.64. The molecule has 2 unspecified atom stereocenters. The average molecular weight is 853 g/mol. The molecular formula is C52H52N8O4. The molecule has 12 heteroatoms. The van der Waals surface area contributed by atoms with Crippen molar-refractivity contribution in [3.63, 3.8) is 0 Å². The summed E-state index contributed by atoms with van der Waals surface area (Å²) in [6.07, 6.45) is 11.1. The number of hydrogen-bond donors (Lipinski definition) is 5. The van der Waals surface area contributed by atoms with Crippen LogP contribution < -0.4 is 16.0 Å². The number of carbonyl (C=O) groups is 4. The summed E-state index contributed by atoms with van der Waals surface area (Å²) < 4.78 is 0. The Morgan fingerprint density at radius 2 is 1.27 bits per heavy atom. The number of aromatic amines is 2. The quantitative estimate of drug-likeness (QED) is 0.0500. The molecule has 12 nitrogen and oxygen atoms in total. The second-order valence-electron chi connectivity index (χ2n) is 17.0. The Bertz CT molecular complexity index is 2640. The standard InChI is InChI=1S/C52H52N8O4/c61-49(40-25-26-40)58-46(38-10-3-1-4-11-38)51(63)53-30-8-7-15-45-54-33-43(57-45)37-23-21-36(22-24-37)35-19-16-34(17-20-35)18-29-42-32-55-48(56-42)44-14-9-31-60(44)52(64)47(39-12-5-2-6-13-39)59-50(62)41-27-28-41/h1-6,10-13,16-17,19-24,32-33,40-41,44,46-47H,7-9,14-15,25-28,30-31H2,(H,53,63)(H,54,57)(H,55,56)(H,58,61)(H,59,62)/t44?,46?,47-/m1/s1. The van der Waals surface area contributed by atoms with E-state index in [1.807, 2.05) is 83.9 Å². The number of benzene rings is 4. The fourth-order valence-corrected chi connectivity index (χ4v) is 8.24. The van der Waals surface area contributed by atoms with E-state index in [0.717, 1.165) is 103 Å². The molecule has 1 aliphatic heterocycles. The van der Waals surface area contributed by atoms with E-state index in [2.05, 4.69) is 84.1 Å². The number of likely N-dealkylation sites (tertiary alicyclic amines) is 1. The first-order valence-corrected chi connectivity index (χ1v) is 22.5. The molecule has 0 bridgehead atoms. The highest BCUT2D eigenvalue weighted by atomic mass is 16.2. The van der Waals surface area contributed by atoms with Gasteiger partial charge in [-0.2, -0.15) is 0 Å². The molecule has 1 saturated heterocycles. The zero-order valence-corrected chi connectivity index (χ0v) is 35.7. The molecule has 0 radical (unpaired) electrons. The minimum atomic E-state index is -0.735. The molecule has 3 atom stereocenters. The topological polar surface area (TPSA) is 165 Å². The minimum Gasteiger partial charge on any atom is -0.354 e. The first kappa shape index (κ1) is 42.1. The van der Waals surface area contributed by atoms with Crippen molar-refractivity contribution in [2.75, 3.05) is 13.1 Å². The first-order chi connectivity index (χ1) is 31.4. The van der Waals surface area contributed by atoms with Gasteiger partial charge in [-0.3, -0.25) is 19.2 Å². The van der Waals surface area contributed by atoms with Gasteiger partial charge in [0.15, 0.2) is 0 Å². The molecule has 3 fully saturated rings. The molecule has 6 aromatic rings.